The van der Waals surface area contributed by atoms with Crippen LogP contribution in [0.25, 0.3) is 0 Å². The molecule has 0 aliphatic heterocycles. The van der Waals surface area contributed by atoms with Crippen molar-refractivity contribution in [2.45, 2.75) is 63.7 Å². The Morgan fingerprint density at radius 3 is 1.94 bits per heavy atom. The Hall–Kier alpha value is -2.68. The van der Waals surface area contributed by atoms with Crippen molar-refractivity contribution in [3.8, 4) is 5.75 Å². The Bertz CT molecular complexity index is 982. The van der Waals surface area contributed by atoms with Crippen molar-refractivity contribution < 1.29 is 13.5 Å². The normalized spacial score (nSPS) is 19.5. The first-order valence-electron chi connectivity index (χ1n) is 11.8. The third-order valence-corrected chi connectivity index (χ3v) is 6.87. The summed E-state index contributed by atoms with van der Waals surface area (Å²) in [6.45, 7) is 4.25. The molecular formula is C29H32F2O. The van der Waals surface area contributed by atoms with E-state index in [-0.39, 0.29) is 18.3 Å². The molecule has 1 saturated carbocycles. The molecule has 3 aromatic rings. The van der Waals surface area contributed by atoms with E-state index in [1.165, 1.54) is 28.8 Å². The summed E-state index contributed by atoms with van der Waals surface area (Å²) in [6, 6.07) is 22.6. The van der Waals surface area contributed by atoms with Crippen LogP contribution in [0, 0.1) is 11.6 Å². The van der Waals surface area contributed by atoms with Gasteiger partial charge >= 0.3 is 0 Å². The Kier molecular flexibility index (Phi) is 7.24. The van der Waals surface area contributed by atoms with E-state index >= 15 is 0 Å². The van der Waals surface area contributed by atoms with Crippen LogP contribution < -0.4 is 4.74 Å². The minimum Gasteiger partial charge on any atom is -0.488 e. The van der Waals surface area contributed by atoms with Gasteiger partial charge in [-0.3, -0.25) is 0 Å². The van der Waals surface area contributed by atoms with Gasteiger partial charge in [0.1, 0.15) is 0 Å². The highest BCUT2D eigenvalue weighted by molar-refractivity contribution is 5.34. The number of rotatable bonds is 7. The molecule has 1 fully saturated rings. The van der Waals surface area contributed by atoms with Crippen LogP contribution in [0.5, 0.6) is 5.75 Å². The molecule has 0 saturated heterocycles. The molecule has 32 heavy (non-hydrogen) atoms. The average molecular weight is 435 g/mol. The molecule has 0 unspecified atom stereocenters. The van der Waals surface area contributed by atoms with Crippen molar-refractivity contribution in [1.29, 1.82) is 0 Å². The number of hydrogen-bond acceptors (Lipinski definition) is 1. The summed E-state index contributed by atoms with van der Waals surface area (Å²) >= 11 is 0. The van der Waals surface area contributed by atoms with E-state index in [4.69, 9.17) is 4.74 Å². The van der Waals surface area contributed by atoms with Gasteiger partial charge in [0, 0.05) is 0 Å². The molecular weight excluding hydrogens is 402 g/mol. The summed E-state index contributed by atoms with van der Waals surface area (Å²) in [5, 5.41) is 0. The Morgan fingerprint density at radius 1 is 0.812 bits per heavy atom. The van der Waals surface area contributed by atoms with E-state index in [9.17, 15) is 8.78 Å². The molecule has 1 aliphatic carbocycles. The van der Waals surface area contributed by atoms with Crippen molar-refractivity contribution in [3.05, 3.63) is 101 Å². The second-order valence-corrected chi connectivity index (χ2v) is 9.05. The van der Waals surface area contributed by atoms with Gasteiger partial charge in [0.2, 0.25) is 0 Å². The largest absolute Gasteiger partial charge is 0.488 e. The molecule has 0 N–H and O–H groups in total. The van der Waals surface area contributed by atoms with Gasteiger partial charge in [-0.1, -0.05) is 61.5 Å². The second-order valence-electron chi connectivity index (χ2n) is 9.05. The maximum absolute atomic E-state index is 14.3. The van der Waals surface area contributed by atoms with Gasteiger partial charge in [0.05, 0.1) is 6.61 Å². The monoisotopic (exact) mass is 434 g/mol. The van der Waals surface area contributed by atoms with Crippen LogP contribution in [0.2, 0.25) is 0 Å². The third kappa shape index (κ3) is 5.20. The van der Waals surface area contributed by atoms with Gasteiger partial charge in [0.25, 0.3) is 0 Å². The SMILES string of the molecule is CCOc1c(F)cc(C2CCC(c3ccc(C[C@H](C)c4ccccc4)cc3)CC2)cc1F. The molecule has 0 aromatic heterocycles. The highest BCUT2D eigenvalue weighted by Crippen LogP contribution is 2.41. The van der Waals surface area contributed by atoms with Gasteiger partial charge in [0.15, 0.2) is 17.4 Å². The van der Waals surface area contributed by atoms with Gasteiger partial charge in [-0.15, -0.1) is 0 Å². The van der Waals surface area contributed by atoms with Crippen LogP contribution in [0.4, 0.5) is 8.78 Å². The van der Waals surface area contributed by atoms with Crippen LogP contribution >= 0.6 is 0 Å². The number of benzene rings is 3. The van der Waals surface area contributed by atoms with Gasteiger partial charge in [-0.2, -0.15) is 0 Å². The van der Waals surface area contributed by atoms with Gasteiger partial charge in [-0.25, -0.2) is 8.78 Å². The fourth-order valence-electron chi connectivity index (χ4n) is 5.04. The molecule has 1 atom stereocenters. The number of halogens is 2. The predicted octanol–water partition coefficient (Wildman–Crippen LogP) is 8.15. The van der Waals surface area contributed by atoms with E-state index < -0.39 is 11.6 Å². The molecule has 3 aromatic carbocycles. The first-order chi connectivity index (χ1) is 15.5. The number of hydrogen-bond donors (Lipinski definition) is 0. The standard InChI is InChI=1S/C29H32F2O/c1-3-32-29-27(30)18-26(19-28(29)31)25-15-13-24(14-16-25)23-11-9-21(10-12-23)17-20(2)22-7-5-4-6-8-22/h4-12,18-20,24-25H,3,13-17H2,1-2H3/t20-,24?,25?/m0/s1. The highest BCUT2D eigenvalue weighted by atomic mass is 19.1. The fraction of sp³-hybridized carbons (Fsp3) is 0.379. The lowest BCUT2D eigenvalue weighted by atomic mass is 9.76. The molecule has 3 heteroatoms. The molecule has 0 radical (unpaired) electrons. The maximum Gasteiger partial charge on any atom is 0.190 e. The minimum atomic E-state index is -0.593. The molecule has 0 heterocycles. The zero-order chi connectivity index (χ0) is 22.5. The van der Waals surface area contributed by atoms with Crippen molar-refractivity contribution in [2.75, 3.05) is 6.61 Å². The smallest absolute Gasteiger partial charge is 0.190 e. The second kappa shape index (κ2) is 10.3. The van der Waals surface area contributed by atoms with Crippen molar-refractivity contribution in [1.82, 2.24) is 0 Å². The average Bonchev–Trinajstić information content (AvgIpc) is 2.82. The summed E-state index contributed by atoms with van der Waals surface area (Å²) in [4.78, 5) is 0. The summed E-state index contributed by atoms with van der Waals surface area (Å²) in [5.41, 5.74) is 4.87. The van der Waals surface area contributed by atoms with E-state index in [1.807, 2.05) is 0 Å². The third-order valence-electron chi connectivity index (χ3n) is 6.87. The summed E-state index contributed by atoms with van der Waals surface area (Å²) < 4.78 is 33.6. The molecule has 0 bridgehead atoms. The van der Waals surface area contributed by atoms with E-state index in [1.54, 1.807) is 6.92 Å². The van der Waals surface area contributed by atoms with Crippen LogP contribution in [0.15, 0.2) is 66.7 Å². The maximum atomic E-state index is 14.3. The molecule has 168 valence electrons. The van der Waals surface area contributed by atoms with E-state index in [2.05, 4.69) is 61.5 Å². The van der Waals surface area contributed by atoms with E-state index in [0.29, 0.717) is 11.8 Å². The van der Waals surface area contributed by atoms with E-state index in [0.717, 1.165) is 37.7 Å². The summed E-state index contributed by atoms with van der Waals surface area (Å²) in [7, 11) is 0. The predicted molar refractivity (Wildman–Crippen MR) is 126 cm³/mol. The number of ether oxygens (including phenoxy) is 1. The summed E-state index contributed by atoms with van der Waals surface area (Å²) in [5.74, 6) is -0.228. The van der Waals surface area contributed by atoms with Crippen LogP contribution in [-0.4, -0.2) is 6.61 Å². The van der Waals surface area contributed by atoms with Crippen LogP contribution in [0.3, 0.4) is 0 Å². The molecule has 1 aliphatic rings. The fourth-order valence-corrected chi connectivity index (χ4v) is 5.04. The zero-order valence-corrected chi connectivity index (χ0v) is 19.0. The van der Waals surface area contributed by atoms with Gasteiger partial charge < -0.3 is 4.74 Å². The lowest BCUT2D eigenvalue weighted by Crippen LogP contribution is -2.13. The van der Waals surface area contributed by atoms with Crippen molar-refractivity contribution >= 4 is 0 Å². The van der Waals surface area contributed by atoms with Gasteiger partial charge in [-0.05, 0) is 91.2 Å². The minimum absolute atomic E-state index is 0.205. The molecule has 4 rings (SSSR count). The Morgan fingerprint density at radius 2 is 1.38 bits per heavy atom. The quantitative estimate of drug-likeness (QED) is 0.364. The Balaban J connectivity index is 1.35. The summed E-state index contributed by atoms with van der Waals surface area (Å²) in [6.07, 6.45) is 5.02. The van der Waals surface area contributed by atoms with Crippen molar-refractivity contribution in [3.63, 3.8) is 0 Å². The first-order valence-corrected chi connectivity index (χ1v) is 11.8. The zero-order valence-electron chi connectivity index (χ0n) is 19.0. The van der Waals surface area contributed by atoms with Crippen LogP contribution in [-0.2, 0) is 6.42 Å². The topological polar surface area (TPSA) is 9.23 Å². The lowest BCUT2D eigenvalue weighted by molar-refractivity contribution is 0.301. The van der Waals surface area contributed by atoms with Crippen LogP contribution in [0.1, 0.15) is 79.5 Å². The van der Waals surface area contributed by atoms with Crippen molar-refractivity contribution in [2.24, 2.45) is 0 Å². The molecule has 0 amide bonds. The highest BCUT2D eigenvalue weighted by Gasteiger charge is 2.25. The first kappa shape index (κ1) is 22.5. The molecule has 0 spiro atoms. The molecule has 1 nitrogen and oxygen atoms in total. The lowest BCUT2D eigenvalue weighted by Gasteiger charge is -2.29. The Labute approximate surface area is 190 Å².